The SMILES string of the molecule is CCCn1c(O)c(N=NC(=O)COc2ccc(Cl)cc2C)c2cc(OC)ccc21. The number of amides is 1. The molecule has 0 saturated heterocycles. The van der Waals surface area contributed by atoms with E-state index >= 15 is 0 Å². The minimum atomic E-state index is -0.571. The molecule has 0 atom stereocenters. The number of halogens is 1. The Morgan fingerprint density at radius 1 is 1.24 bits per heavy atom. The van der Waals surface area contributed by atoms with E-state index < -0.39 is 5.91 Å². The van der Waals surface area contributed by atoms with Crippen LogP contribution in [0.5, 0.6) is 17.4 Å². The van der Waals surface area contributed by atoms with Crippen molar-refractivity contribution in [3.8, 4) is 17.4 Å². The zero-order valence-electron chi connectivity index (χ0n) is 16.5. The van der Waals surface area contributed by atoms with Crippen LogP contribution in [0.4, 0.5) is 5.69 Å². The predicted molar refractivity (Wildman–Crippen MR) is 112 cm³/mol. The molecule has 3 rings (SSSR count). The molecule has 1 aromatic heterocycles. The lowest BCUT2D eigenvalue weighted by molar-refractivity contribution is -0.120. The maximum atomic E-state index is 12.1. The minimum Gasteiger partial charge on any atom is -0.497 e. The third kappa shape index (κ3) is 4.51. The number of benzene rings is 2. The van der Waals surface area contributed by atoms with Gasteiger partial charge in [0.15, 0.2) is 12.3 Å². The van der Waals surface area contributed by atoms with Crippen molar-refractivity contribution in [3.05, 3.63) is 47.0 Å². The van der Waals surface area contributed by atoms with E-state index in [1.165, 1.54) is 0 Å². The van der Waals surface area contributed by atoms with Crippen LogP contribution < -0.4 is 9.47 Å². The van der Waals surface area contributed by atoms with Gasteiger partial charge in [-0.1, -0.05) is 18.5 Å². The summed E-state index contributed by atoms with van der Waals surface area (Å²) in [7, 11) is 1.56. The number of nitrogens with zero attached hydrogens (tertiary/aromatic N) is 3. The largest absolute Gasteiger partial charge is 0.497 e. The molecule has 0 aliphatic heterocycles. The highest BCUT2D eigenvalue weighted by Crippen LogP contribution is 2.40. The summed E-state index contributed by atoms with van der Waals surface area (Å²) in [6, 6.07) is 10.5. The van der Waals surface area contributed by atoms with Gasteiger partial charge >= 0.3 is 5.91 Å². The summed E-state index contributed by atoms with van der Waals surface area (Å²) < 4.78 is 12.5. The van der Waals surface area contributed by atoms with Crippen LogP contribution in [0.2, 0.25) is 5.02 Å². The number of hydrogen-bond donors (Lipinski definition) is 1. The molecule has 1 heterocycles. The highest BCUT2D eigenvalue weighted by molar-refractivity contribution is 6.30. The number of carbonyl (C=O) groups is 1. The molecule has 29 heavy (non-hydrogen) atoms. The molecule has 0 unspecified atom stereocenters. The molecular weight excluding hydrogens is 394 g/mol. The molecule has 0 spiro atoms. The average Bonchev–Trinajstić information content (AvgIpc) is 2.96. The van der Waals surface area contributed by atoms with E-state index in [2.05, 4.69) is 10.2 Å². The van der Waals surface area contributed by atoms with E-state index in [9.17, 15) is 9.90 Å². The molecule has 3 aromatic rings. The van der Waals surface area contributed by atoms with Gasteiger partial charge in [0.1, 0.15) is 11.5 Å². The molecule has 0 saturated carbocycles. The van der Waals surface area contributed by atoms with E-state index in [-0.39, 0.29) is 18.2 Å². The van der Waals surface area contributed by atoms with Crippen LogP contribution in [0.15, 0.2) is 46.6 Å². The van der Waals surface area contributed by atoms with Crippen molar-refractivity contribution < 1.29 is 19.4 Å². The summed E-state index contributed by atoms with van der Waals surface area (Å²) in [6.07, 6.45) is 0.827. The molecule has 2 aromatic carbocycles. The van der Waals surface area contributed by atoms with Gasteiger partial charge in [-0.25, -0.2) is 0 Å². The van der Waals surface area contributed by atoms with Crippen molar-refractivity contribution in [2.45, 2.75) is 26.8 Å². The van der Waals surface area contributed by atoms with Crippen molar-refractivity contribution in [2.75, 3.05) is 13.7 Å². The number of ether oxygens (including phenoxy) is 2. The second-order valence-electron chi connectivity index (χ2n) is 6.50. The van der Waals surface area contributed by atoms with E-state index in [0.717, 1.165) is 17.5 Å². The van der Waals surface area contributed by atoms with Gasteiger partial charge in [-0.2, -0.15) is 0 Å². The number of fused-ring (bicyclic) bond motifs is 1. The summed E-state index contributed by atoms with van der Waals surface area (Å²) in [5.74, 6) is 0.555. The number of azo groups is 1. The number of carbonyl (C=O) groups excluding carboxylic acids is 1. The van der Waals surface area contributed by atoms with Crippen LogP contribution in [0, 0.1) is 6.92 Å². The number of aromatic hydroxyl groups is 1. The second kappa shape index (κ2) is 8.96. The normalized spacial score (nSPS) is 11.3. The van der Waals surface area contributed by atoms with Gasteiger partial charge in [0.05, 0.1) is 12.6 Å². The summed E-state index contributed by atoms with van der Waals surface area (Å²) in [5, 5.41) is 19.6. The molecule has 1 amide bonds. The third-order valence-corrected chi connectivity index (χ3v) is 4.65. The van der Waals surface area contributed by atoms with Gasteiger partial charge in [0, 0.05) is 17.0 Å². The summed E-state index contributed by atoms with van der Waals surface area (Å²) in [4.78, 5) is 12.1. The Bertz CT molecular complexity index is 1080. The van der Waals surface area contributed by atoms with E-state index in [1.54, 1.807) is 35.9 Å². The molecule has 1 N–H and O–H groups in total. The molecule has 152 valence electrons. The number of hydrogen-bond acceptors (Lipinski definition) is 5. The Balaban J connectivity index is 1.83. The number of aryl methyl sites for hydroxylation is 2. The summed E-state index contributed by atoms with van der Waals surface area (Å²) in [6.45, 7) is 4.18. The molecule has 0 aliphatic carbocycles. The molecule has 0 radical (unpaired) electrons. The molecular formula is C21H22ClN3O4. The van der Waals surface area contributed by atoms with Crippen molar-refractivity contribution in [1.29, 1.82) is 0 Å². The Hall–Kier alpha value is -3.06. The van der Waals surface area contributed by atoms with Crippen LogP contribution in [0.25, 0.3) is 10.9 Å². The van der Waals surface area contributed by atoms with E-state index in [1.807, 2.05) is 26.0 Å². The summed E-state index contributed by atoms with van der Waals surface area (Å²) in [5.41, 5.74) is 1.83. The monoisotopic (exact) mass is 415 g/mol. The van der Waals surface area contributed by atoms with Crippen molar-refractivity contribution in [1.82, 2.24) is 4.57 Å². The molecule has 0 aliphatic rings. The fourth-order valence-electron chi connectivity index (χ4n) is 3.03. The molecule has 0 bridgehead atoms. The minimum absolute atomic E-state index is 0.0406. The second-order valence-corrected chi connectivity index (χ2v) is 6.94. The fourth-order valence-corrected chi connectivity index (χ4v) is 3.25. The fraction of sp³-hybridized carbons (Fsp3) is 0.286. The Morgan fingerprint density at radius 2 is 2.03 bits per heavy atom. The number of rotatable bonds is 7. The first-order valence-electron chi connectivity index (χ1n) is 9.17. The quantitative estimate of drug-likeness (QED) is 0.522. The highest BCUT2D eigenvalue weighted by Gasteiger charge is 2.17. The number of aromatic nitrogens is 1. The summed E-state index contributed by atoms with van der Waals surface area (Å²) >= 11 is 5.92. The first-order valence-corrected chi connectivity index (χ1v) is 9.55. The van der Waals surface area contributed by atoms with Crippen LogP contribution in [-0.2, 0) is 11.3 Å². The zero-order chi connectivity index (χ0) is 21.0. The van der Waals surface area contributed by atoms with Gasteiger partial charge in [-0.05, 0) is 55.3 Å². The lowest BCUT2D eigenvalue weighted by Crippen LogP contribution is -2.08. The van der Waals surface area contributed by atoms with Crippen LogP contribution in [0.3, 0.4) is 0 Å². The van der Waals surface area contributed by atoms with Crippen molar-refractivity contribution >= 4 is 34.1 Å². The maximum absolute atomic E-state index is 12.1. The topological polar surface area (TPSA) is 85.4 Å². The van der Waals surface area contributed by atoms with Gasteiger partial charge in [-0.3, -0.25) is 4.79 Å². The van der Waals surface area contributed by atoms with Crippen molar-refractivity contribution in [2.24, 2.45) is 10.2 Å². The molecule has 8 heteroatoms. The van der Waals surface area contributed by atoms with Gasteiger partial charge in [0.25, 0.3) is 0 Å². The number of methoxy groups -OCH3 is 1. The molecule has 7 nitrogen and oxygen atoms in total. The lowest BCUT2D eigenvalue weighted by atomic mass is 10.2. The molecule has 0 fully saturated rings. The Labute approximate surface area is 173 Å². The predicted octanol–water partition coefficient (Wildman–Crippen LogP) is 5.42. The maximum Gasteiger partial charge on any atom is 0.302 e. The van der Waals surface area contributed by atoms with Gasteiger partial charge < -0.3 is 19.1 Å². The Kier molecular flexibility index (Phi) is 6.39. The van der Waals surface area contributed by atoms with Crippen molar-refractivity contribution in [3.63, 3.8) is 0 Å². The van der Waals surface area contributed by atoms with Gasteiger partial charge in [0.2, 0.25) is 5.88 Å². The van der Waals surface area contributed by atoms with Crippen LogP contribution in [-0.4, -0.2) is 29.3 Å². The average molecular weight is 416 g/mol. The first kappa shape index (κ1) is 20.7. The lowest BCUT2D eigenvalue weighted by Gasteiger charge is -2.06. The zero-order valence-corrected chi connectivity index (χ0v) is 17.2. The highest BCUT2D eigenvalue weighted by atomic mass is 35.5. The first-order chi connectivity index (χ1) is 13.9. The van der Waals surface area contributed by atoms with E-state index in [4.69, 9.17) is 21.1 Å². The van der Waals surface area contributed by atoms with E-state index in [0.29, 0.717) is 28.5 Å². The third-order valence-electron chi connectivity index (χ3n) is 4.41. The van der Waals surface area contributed by atoms with Gasteiger partial charge in [-0.15, -0.1) is 10.2 Å². The standard InChI is InChI=1S/C21H22ClN3O4/c1-4-9-25-17-7-6-15(28-3)11-16(17)20(21(25)27)24-23-19(26)12-29-18-8-5-14(22)10-13(18)2/h5-8,10-11,27H,4,9,12H2,1-3H3. The van der Waals surface area contributed by atoms with Crippen LogP contribution >= 0.6 is 11.6 Å². The Morgan fingerprint density at radius 3 is 2.72 bits per heavy atom. The smallest absolute Gasteiger partial charge is 0.302 e. The van der Waals surface area contributed by atoms with Crippen LogP contribution in [0.1, 0.15) is 18.9 Å².